The second kappa shape index (κ2) is 5.95. The minimum Gasteiger partial charge on any atom is -0.391 e. The first kappa shape index (κ1) is 14.7. The molecule has 1 heterocycles. The number of aliphatic hydroxyl groups is 1. The van der Waals surface area contributed by atoms with Gasteiger partial charge in [0.1, 0.15) is 5.69 Å². The average molecular weight is 315 g/mol. The number of aliphatic hydroxyl groups excluding tert-OH is 1. The summed E-state index contributed by atoms with van der Waals surface area (Å²) in [6, 6.07) is 22.3. The van der Waals surface area contributed by atoms with E-state index in [0.717, 1.165) is 27.6 Å². The van der Waals surface area contributed by atoms with E-state index in [2.05, 4.69) is 29.4 Å². The molecule has 3 heteroatoms. The van der Waals surface area contributed by atoms with E-state index in [1.807, 2.05) is 49.4 Å². The lowest BCUT2D eigenvalue weighted by Crippen LogP contribution is -1.90. The Balaban J connectivity index is 1.88. The van der Waals surface area contributed by atoms with E-state index in [1.54, 1.807) is 0 Å². The first-order chi connectivity index (χ1) is 11.8. The van der Waals surface area contributed by atoms with Gasteiger partial charge in [-0.05, 0) is 29.3 Å². The number of aromatic nitrogens is 1. The number of nitrogens with zero attached hydrogens (tertiary/aromatic N) is 1. The number of benzene rings is 3. The zero-order valence-corrected chi connectivity index (χ0v) is 13.4. The molecular weight excluding hydrogens is 298 g/mol. The predicted octanol–water partition coefficient (Wildman–Crippen LogP) is 4.96. The maximum absolute atomic E-state index is 9.91. The third-order valence-electron chi connectivity index (χ3n) is 4.36. The van der Waals surface area contributed by atoms with Gasteiger partial charge in [0.2, 0.25) is 0 Å². The Kier molecular flexibility index (Phi) is 3.63. The maximum Gasteiger partial charge on any atom is 0.173 e. The van der Waals surface area contributed by atoms with Crippen LogP contribution in [0, 0.1) is 6.92 Å². The van der Waals surface area contributed by atoms with Crippen LogP contribution in [0.1, 0.15) is 11.1 Å². The van der Waals surface area contributed by atoms with E-state index in [4.69, 9.17) is 4.52 Å². The van der Waals surface area contributed by atoms with Crippen LogP contribution in [0.3, 0.4) is 0 Å². The second-order valence-electron chi connectivity index (χ2n) is 5.87. The van der Waals surface area contributed by atoms with Crippen molar-refractivity contribution in [3.05, 3.63) is 77.9 Å². The normalized spacial score (nSPS) is 11.1. The molecule has 0 saturated carbocycles. The fourth-order valence-electron chi connectivity index (χ4n) is 3.06. The van der Waals surface area contributed by atoms with Gasteiger partial charge in [-0.25, -0.2) is 0 Å². The molecule has 0 atom stereocenters. The van der Waals surface area contributed by atoms with Gasteiger partial charge in [0.05, 0.1) is 12.2 Å². The van der Waals surface area contributed by atoms with Gasteiger partial charge in [0, 0.05) is 11.1 Å². The van der Waals surface area contributed by atoms with Crippen molar-refractivity contribution in [2.24, 2.45) is 0 Å². The summed E-state index contributed by atoms with van der Waals surface area (Å²) in [6.45, 7) is 1.91. The topological polar surface area (TPSA) is 46.3 Å². The Morgan fingerprint density at radius 3 is 2.46 bits per heavy atom. The van der Waals surface area contributed by atoms with Gasteiger partial charge in [-0.2, -0.15) is 0 Å². The van der Waals surface area contributed by atoms with Gasteiger partial charge >= 0.3 is 0 Å². The Hall–Kier alpha value is -2.91. The largest absolute Gasteiger partial charge is 0.391 e. The average Bonchev–Trinajstić information content (AvgIpc) is 3.05. The Morgan fingerprint density at radius 2 is 1.67 bits per heavy atom. The van der Waals surface area contributed by atoms with Crippen LogP contribution in [0.15, 0.2) is 71.3 Å². The van der Waals surface area contributed by atoms with Gasteiger partial charge in [0.15, 0.2) is 5.76 Å². The summed E-state index contributed by atoms with van der Waals surface area (Å²) < 4.78 is 5.61. The highest BCUT2D eigenvalue weighted by molar-refractivity contribution is 5.87. The number of rotatable bonds is 3. The van der Waals surface area contributed by atoms with Crippen molar-refractivity contribution in [1.82, 2.24) is 5.16 Å². The first-order valence-corrected chi connectivity index (χ1v) is 7.92. The van der Waals surface area contributed by atoms with Gasteiger partial charge in [0.25, 0.3) is 0 Å². The van der Waals surface area contributed by atoms with E-state index in [0.29, 0.717) is 11.5 Å². The number of fused-ring (bicyclic) bond motifs is 1. The summed E-state index contributed by atoms with van der Waals surface area (Å²) in [5.74, 6) is 0.638. The molecule has 24 heavy (non-hydrogen) atoms. The highest BCUT2D eigenvalue weighted by Crippen LogP contribution is 2.34. The van der Waals surface area contributed by atoms with Crippen molar-refractivity contribution in [3.63, 3.8) is 0 Å². The van der Waals surface area contributed by atoms with E-state index >= 15 is 0 Å². The van der Waals surface area contributed by atoms with E-state index in [-0.39, 0.29) is 6.61 Å². The third-order valence-corrected chi connectivity index (χ3v) is 4.36. The van der Waals surface area contributed by atoms with Crippen molar-refractivity contribution < 1.29 is 9.63 Å². The summed E-state index contributed by atoms with van der Waals surface area (Å²) in [5, 5.41) is 16.5. The minimum atomic E-state index is -0.116. The Bertz CT molecular complexity index is 1020. The molecular formula is C21H17NO2. The quantitative estimate of drug-likeness (QED) is 0.581. The lowest BCUT2D eigenvalue weighted by Gasteiger charge is -2.05. The van der Waals surface area contributed by atoms with Crippen LogP contribution >= 0.6 is 0 Å². The van der Waals surface area contributed by atoms with Gasteiger partial charge < -0.3 is 9.63 Å². The summed E-state index contributed by atoms with van der Waals surface area (Å²) >= 11 is 0. The molecule has 3 aromatic carbocycles. The fourth-order valence-corrected chi connectivity index (χ4v) is 3.06. The molecule has 0 aliphatic carbocycles. The van der Waals surface area contributed by atoms with Crippen molar-refractivity contribution in [2.75, 3.05) is 0 Å². The van der Waals surface area contributed by atoms with Crippen molar-refractivity contribution in [2.45, 2.75) is 13.5 Å². The van der Waals surface area contributed by atoms with Gasteiger partial charge in [-0.15, -0.1) is 0 Å². The Labute approximate surface area is 140 Å². The van der Waals surface area contributed by atoms with Crippen LogP contribution < -0.4 is 0 Å². The van der Waals surface area contributed by atoms with Crippen LogP contribution in [-0.4, -0.2) is 10.3 Å². The van der Waals surface area contributed by atoms with Gasteiger partial charge in [-0.1, -0.05) is 65.8 Å². The first-order valence-electron chi connectivity index (χ1n) is 7.92. The Morgan fingerprint density at radius 1 is 0.917 bits per heavy atom. The monoisotopic (exact) mass is 315 g/mol. The predicted molar refractivity (Wildman–Crippen MR) is 95.5 cm³/mol. The molecule has 0 saturated heterocycles. The molecule has 0 radical (unpaired) electrons. The molecule has 0 fully saturated rings. The van der Waals surface area contributed by atoms with E-state index < -0.39 is 0 Å². The lowest BCUT2D eigenvalue weighted by atomic mass is 9.98. The van der Waals surface area contributed by atoms with Crippen LogP contribution in [-0.2, 0) is 6.61 Å². The molecule has 4 rings (SSSR count). The van der Waals surface area contributed by atoms with E-state index in [1.165, 1.54) is 5.39 Å². The SMILES string of the molecule is Cc1ccccc1-c1onc(-c2ccc3ccccc3c2)c1CO. The van der Waals surface area contributed by atoms with Crippen LogP contribution in [0.2, 0.25) is 0 Å². The number of aryl methyl sites for hydroxylation is 1. The molecule has 0 amide bonds. The summed E-state index contributed by atoms with van der Waals surface area (Å²) in [6.07, 6.45) is 0. The highest BCUT2D eigenvalue weighted by Gasteiger charge is 2.19. The molecule has 1 N–H and O–H groups in total. The van der Waals surface area contributed by atoms with Crippen LogP contribution in [0.25, 0.3) is 33.4 Å². The molecule has 4 aromatic rings. The minimum absolute atomic E-state index is 0.116. The molecule has 0 bridgehead atoms. The lowest BCUT2D eigenvalue weighted by molar-refractivity contribution is 0.281. The highest BCUT2D eigenvalue weighted by atomic mass is 16.5. The van der Waals surface area contributed by atoms with Crippen molar-refractivity contribution in [1.29, 1.82) is 0 Å². The third kappa shape index (κ3) is 2.39. The summed E-state index contributed by atoms with van der Waals surface area (Å²) in [7, 11) is 0. The molecule has 118 valence electrons. The zero-order valence-electron chi connectivity index (χ0n) is 13.4. The molecule has 3 nitrogen and oxygen atoms in total. The molecule has 0 aliphatic heterocycles. The standard InChI is InChI=1S/C21H17NO2/c1-14-6-2-5-9-18(14)21-19(13-23)20(22-24-21)17-11-10-15-7-3-4-8-16(15)12-17/h2-12,23H,13H2,1H3. The molecule has 0 spiro atoms. The summed E-state index contributed by atoms with van der Waals surface area (Å²) in [4.78, 5) is 0. The molecule has 0 aliphatic rings. The zero-order chi connectivity index (χ0) is 16.5. The maximum atomic E-state index is 9.91. The van der Waals surface area contributed by atoms with Gasteiger partial charge in [-0.3, -0.25) is 0 Å². The number of hydrogen-bond donors (Lipinski definition) is 1. The fraction of sp³-hybridized carbons (Fsp3) is 0.0952. The van der Waals surface area contributed by atoms with Crippen molar-refractivity contribution >= 4 is 10.8 Å². The second-order valence-corrected chi connectivity index (χ2v) is 5.87. The smallest absolute Gasteiger partial charge is 0.173 e. The van der Waals surface area contributed by atoms with Crippen LogP contribution in [0.5, 0.6) is 0 Å². The van der Waals surface area contributed by atoms with Crippen molar-refractivity contribution in [3.8, 4) is 22.6 Å². The number of hydrogen-bond acceptors (Lipinski definition) is 3. The van der Waals surface area contributed by atoms with Crippen LogP contribution in [0.4, 0.5) is 0 Å². The molecule has 1 aromatic heterocycles. The van der Waals surface area contributed by atoms with E-state index in [9.17, 15) is 5.11 Å². The summed E-state index contributed by atoms with van der Waals surface area (Å²) in [5.41, 5.74) is 4.41. The molecule has 0 unspecified atom stereocenters.